The van der Waals surface area contributed by atoms with E-state index in [1.54, 1.807) is 0 Å². The Kier molecular flexibility index (Phi) is 3.45. The van der Waals surface area contributed by atoms with Crippen molar-refractivity contribution in [2.24, 2.45) is 22.7 Å². The van der Waals surface area contributed by atoms with E-state index in [0.29, 0.717) is 12.5 Å². The van der Waals surface area contributed by atoms with Gasteiger partial charge in [-0.3, -0.25) is 4.79 Å². The average Bonchev–Trinajstić information content (AvgIpc) is 2.76. The van der Waals surface area contributed by atoms with Gasteiger partial charge in [0.1, 0.15) is 6.10 Å². The highest BCUT2D eigenvalue weighted by Gasteiger charge is 2.61. The zero-order valence-corrected chi connectivity index (χ0v) is 13.4. The second-order valence-corrected chi connectivity index (χ2v) is 7.74. The van der Waals surface area contributed by atoms with Crippen molar-refractivity contribution in [3.8, 4) is 0 Å². The molecule has 0 bridgehead atoms. The summed E-state index contributed by atoms with van der Waals surface area (Å²) in [6.45, 7) is 8.74. The minimum absolute atomic E-state index is 0.0554. The van der Waals surface area contributed by atoms with Crippen LogP contribution < -0.4 is 0 Å². The van der Waals surface area contributed by atoms with Gasteiger partial charge in [0, 0.05) is 18.3 Å². The van der Waals surface area contributed by atoms with E-state index in [2.05, 4.69) is 26.8 Å². The molecule has 1 N–H and O–H groups in total. The van der Waals surface area contributed by atoms with Gasteiger partial charge in [-0.1, -0.05) is 26.8 Å². The van der Waals surface area contributed by atoms with Gasteiger partial charge in [-0.2, -0.15) is 0 Å². The first-order valence-corrected chi connectivity index (χ1v) is 7.92. The molecule has 0 aromatic carbocycles. The Hall–Kier alpha value is -0.870. The second kappa shape index (κ2) is 4.82. The summed E-state index contributed by atoms with van der Waals surface area (Å²) in [7, 11) is 0. The molecule has 0 aromatic rings. The number of fused-ring (bicyclic) bond motifs is 3. The van der Waals surface area contributed by atoms with Crippen molar-refractivity contribution in [2.75, 3.05) is 6.61 Å². The number of ether oxygens (including phenoxy) is 2. The Morgan fingerprint density at radius 2 is 2.14 bits per heavy atom. The summed E-state index contributed by atoms with van der Waals surface area (Å²) < 4.78 is 11.2. The van der Waals surface area contributed by atoms with Crippen molar-refractivity contribution in [3.63, 3.8) is 0 Å². The van der Waals surface area contributed by atoms with Gasteiger partial charge in [0.15, 0.2) is 6.29 Å². The van der Waals surface area contributed by atoms with Crippen LogP contribution in [0.4, 0.5) is 0 Å². The summed E-state index contributed by atoms with van der Waals surface area (Å²) in [5.41, 5.74) is 1.10. The van der Waals surface area contributed by atoms with Crippen LogP contribution in [0, 0.1) is 22.7 Å². The Balaban J connectivity index is 2.05. The maximum atomic E-state index is 11.5. The van der Waals surface area contributed by atoms with Crippen molar-refractivity contribution in [3.05, 3.63) is 11.6 Å². The quantitative estimate of drug-likeness (QED) is 0.597. The minimum atomic E-state index is -0.781. The molecule has 1 heterocycles. The van der Waals surface area contributed by atoms with Gasteiger partial charge in [-0.15, -0.1) is 0 Å². The maximum Gasteiger partial charge on any atom is 0.302 e. The molecule has 0 spiro atoms. The third kappa shape index (κ3) is 2.15. The molecule has 21 heavy (non-hydrogen) atoms. The van der Waals surface area contributed by atoms with Gasteiger partial charge >= 0.3 is 5.97 Å². The molecule has 0 unspecified atom stereocenters. The zero-order chi connectivity index (χ0) is 15.4. The molecule has 5 atom stereocenters. The van der Waals surface area contributed by atoms with E-state index in [1.165, 1.54) is 12.5 Å². The van der Waals surface area contributed by atoms with E-state index in [1.807, 2.05) is 0 Å². The first-order chi connectivity index (χ1) is 9.76. The Labute approximate surface area is 126 Å². The monoisotopic (exact) mass is 294 g/mol. The molecule has 1 saturated carbocycles. The molecule has 1 aliphatic heterocycles. The topological polar surface area (TPSA) is 55.8 Å². The predicted octanol–water partition coefficient (Wildman–Crippen LogP) is 2.66. The minimum Gasteiger partial charge on any atom is -0.462 e. The van der Waals surface area contributed by atoms with Gasteiger partial charge in [0.25, 0.3) is 0 Å². The summed E-state index contributed by atoms with van der Waals surface area (Å²) in [5.74, 6) is 0.0950. The van der Waals surface area contributed by atoms with Gasteiger partial charge < -0.3 is 14.6 Å². The van der Waals surface area contributed by atoms with Crippen LogP contribution in [0.15, 0.2) is 11.6 Å². The van der Waals surface area contributed by atoms with Crippen molar-refractivity contribution < 1.29 is 19.4 Å². The normalized spacial score (nSPS) is 44.5. The fraction of sp³-hybridized carbons (Fsp3) is 0.824. The van der Waals surface area contributed by atoms with E-state index < -0.39 is 6.29 Å². The van der Waals surface area contributed by atoms with Crippen LogP contribution in [0.25, 0.3) is 0 Å². The molecule has 0 aromatic heterocycles. The molecule has 3 aliphatic rings. The molecule has 4 heteroatoms. The standard InChI is InChI=1S/C17H26O4/c1-10(18)21-13-7-8-16(2,3)12-6-5-11-9-20-15(19)14(11)17(12,13)4/h5,12-15,19H,6-9H2,1-4H3/t12-,13+,14+,15+,17+/m0/s1. The van der Waals surface area contributed by atoms with E-state index in [9.17, 15) is 9.90 Å². The number of carbonyl (C=O) groups is 1. The summed E-state index contributed by atoms with van der Waals surface area (Å²) in [4.78, 5) is 11.5. The lowest BCUT2D eigenvalue weighted by atomic mass is 9.47. The van der Waals surface area contributed by atoms with Crippen molar-refractivity contribution in [1.29, 1.82) is 0 Å². The fourth-order valence-corrected chi connectivity index (χ4v) is 5.14. The summed E-state index contributed by atoms with van der Waals surface area (Å²) >= 11 is 0. The van der Waals surface area contributed by atoms with Crippen LogP contribution in [0.1, 0.15) is 47.0 Å². The summed E-state index contributed by atoms with van der Waals surface area (Å²) in [6.07, 6.45) is 4.19. The third-order valence-electron chi connectivity index (χ3n) is 6.14. The SMILES string of the molecule is CC(=O)O[C@@H]1CCC(C)(C)[C@@H]2CC=C3CO[C@@H](O)[C@@H]3[C@@]12C. The summed E-state index contributed by atoms with van der Waals surface area (Å²) in [6, 6.07) is 0. The predicted molar refractivity (Wildman–Crippen MR) is 78.3 cm³/mol. The Morgan fingerprint density at radius 3 is 2.81 bits per heavy atom. The zero-order valence-electron chi connectivity index (χ0n) is 13.4. The Bertz CT molecular complexity index is 481. The molecule has 0 radical (unpaired) electrons. The van der Waals surface area contributed by atoms with E-state index in [-0.39, 0.29) is 28.8 Å². The fourth-order valence-electron chi connectivity index (χ4n) is 5.14. The number of allylic oxidation sites excluding steroid dienone is 1. The van der Waals surface area contributed by atoms with Gasteiger partial charge in [0.2, 0.25) is 0 Å². The molecule has 1 saturated heterocycles. The number of hydrogen-bond donors (Lipinski definition) is 1. The number of carbonyl (C=O) groups excluding carboxylic acids is 1. The molecular formula is C17H26O4. The molecule has 2 aliphatic carbocycles. The largest absolute Gasteiger partial charge is 0.462 e. The van der Waals surface area contributed by atoms with E-state index >= 15 is 0 Å². The molecule has 118 valence electrons. The lowest BCUT2D eigenvalue weighted by Gasteiger charge is -2.58. The molecular weight excluding hydrogens is 268 g/mol. The molecule has 3 rings (SSSR count). The number of esters is 1. The highest BCUT2D eigenvalue weighted by Crippen LogP contribution is 2.62. The number of aliphatic hydroxyl groups is 1. The number of aliphatic hydroxyl groups excluding tert-OH is 1. The second-order valence-electron chi connectivity index (χ2n) is 7.74. The number of hydrogen-bond acceptors (Lipinski definition) is 4. The van der Waals surface area contributed by atoms with Gasteiger partial charge in [-0.05, 0) is 36.2 Å². The summed E-state index contributed by atoms with van der Waals surface area (Å²) in [5, 5.41) is 10.3. The first kappa shape index (κ1) is 15.0. The lowest BCUT2D eigenvalue weighted by Crippen LogP contribution is -2.58. The van der Waals surface area contributed by atoms with Crippen LogP contribution in [0.2, 0.25) is 0 Å². The third-order valence-corrected chi connectivity index (χ3v) is 6.14. The molecule has 0 amide bonds. The van der Waals surface area contributed by atoms with Crippen LogP contribution in [-0.2, 0) is 14.3 Å². The van der Waals surface area contributed by atoms with E-state index in [4.69, 9.17) is 9.47 Å². The Morgan fingerprint density at radius 1 is 1.43 bits per heavy atom. The van der Waals surface area contributed by atoms with Crippen molar-refractivity contribution in [1.82, 2.24) is 0 Å². The van der Waals surface area contributed by atoms with Crippen LogP contribution >= 0.6 is 0 Å². The maximum absolute atomic E-state index is 11.5. The van der Waals surface area contributed by atoms with Crippen molar-refractivity contribution >= 4 is 5.97 Å². The van der Waals surface area contributed by atoms with Crippen LogP contribution in [0.3, 0.4) is 0 Å². The highest BCUT2D eigenvalue weighted by atomic mass is 16.6. The van der Waals surface area contributed by atoms with Crippen LogP contribution in [-0.4, -0.2) is 30.1 Å². The average molecular weight is 294 g/mol. The lowest BCUT2D eigenvalue weighted by molar-refractivity contribution is -0.198. The first-order valence-electron chi connectivity index (χ1n) is 7.92. The van der Waals surface area contributed by atoms with Gasteiger partial charge in [-0.25, -0.2) is 0 Å². The van der Waals surface area contributed by atoms with Gasteiger partial charge in [0.05, 0.1) is 6.61 Å². The highest BCUT2D eigenvalue weighted by molar-refractivity contribution is 5.66. The molecule has 2 fully saturated rings. The van der Waals surface area contributed by atoms with Crippen molar-refractivity contribution in [2.45, 2.75) is 59.4 Å². The number of rotatable bonds is 1. The van der Waals surface area contributed by atoms with Crippen LogP contribution in [0.5, 0.6) is 0 Å². The molecule has 4 nitrogen and oxygen atoms in total. The smallest absolute Gasteiger partial charge is 0.302 e. The van der Waals surface area contributed by atoms with E-state index in [0.717, 1.165) is 19.3 Å².